The molecule has 0 N–H and O–H groups in total. The molecule has 0 spiro atoms. The fourth-order valence-corrected chi connectivity index (χ4v) is 2.23. The van der Waals surface area contributed by atoms with Crippen molar-refractivity contribution in [1.29, 1.82) is 5.26 Å². The Labute approximate surface area is 123 Å². The first kappa shape index (κ1) is 13.1. The number of nitrogens with zero attached hydrogens (tertiary/aromatic N) is 4. The number of para-hydroxylation sites is 2. The van der Waals surface area contributed by atoms with Crippen molar-refractivity contribution in [3.8, 4) is 6.07 Å². The lowest BCUT2D eigenvalue weighted by molar-refractivity contribution is 0.897. The second-order valence-electron chi connectivity index (χ2n) is 4.89. The largest absolute Gasteiger partial charge is 0.354 e. The normalized spacial score (nSPS) is 10.3. The Hall–Kier alpha value is -2.93. The fourth-order valence-electron chi connectivity index (χ4n) is 2.23. The zero-order valence-corrected chi connectivity index (χ0v) is 11.7. The molecule has 4 nitrogen and oxygen atoms in total. The molecule has 0 fully saturated rings. The van der Waals surface area contributed by atoms with Gasteiger partial charge in [0.1, 0.15) is 5.82 Å². The van der Waals surface area contributed by atoms with Gasteiger partial charge in [-0.3, -0.25) is 4.98 Å². The summed E-state index contributed by atoms with van der Waals surface area (Å²) in [6.07, 6.45) is 1.77. The fraction of sp³-hybridized carbons (Fsp3) is 0.118. The van der Waals surface area contributed by atoms with Crippen LogP contribution in [0, 0.1) is 11.3 Å². The van der Waals surface area contributed by atoms with Gasteiger partial charge in [0.15, 0.2) is 0 Å². The molecule has 21 heavy (non-hydrogen) atoms. The van der Waals surface area contributed by atoms with E-state index in [0.717, 1.165) is 22.4 Å². The first-order chi connectivity index (χ1) is 10.3. The lowest BCUT2D eigenvalue weighted by Crippen LogP contribution is -2.18. The van der Waals surface area contributed by atoms with Crippen molar-refractivity contribution in [3.63, 3.8) is 0 Å². The van der Waals surface area contributed by atoms with E-state index in [1.165, 1.54) is 0 Å². The van der Waals surface area contributed by atoms with E-state index >= 15 is 0 Å². The molecule has 102 valence electrons. The van der Waals surface area contributed by atoms with E-state index < -0.39 is 0 Å². The number of nitriles is 1. The molecule has 3 rings (SSSR count). The minimum atomic E-state index is 0.672. The van der Waals surface area contributed by atoms with Gasteiger partial charge in [0.25, 0.3) is 0 Å². The number of hydrogen-bond donors (Lipinski definition) is 0. The first-order valence-corrected chi connectivity index (χ1v) is 6.68. The topological polar surface area (TPSA) is 52.8 Å². The second-order valence-corrected chi connectivity index (χ2v) is 4.89. The van der Waals surface area contributed by atoms with E-state index in [1.807, 2.05) is 54.4 Å². The summed E-state index contributed by atoms with van der Waals surface area (Å²) in [6.45, 7) is 0.683. The molecule has 0 bridgehead atoms. The number of hydrogen-bond acceptors (Lipinski definition) is 4. The summed E-state index contributed by atoms with van der Waals surface area (Å²) in [5.41, 5.74) is 3.52. The maximum atomic E-state index is 8.95. The van der Waals surface area contributed by atoms with Gasteiger partial charge in [-0.25, -0.2) is 4.98 Å². The molecule has 2 aromatic carbocycles. The summed E-state index contributed by atoms with van der Waals surface area (Å²) < 4.78 is 0. The third-order valence-corrected chi connectivity index (χ3v) is 3.30. The Morgan fingerprint density at radius 2 is 1.90 bits per heavy atom. The Balaban J connectivity index is 1.86. The highest BCUT2D eigenvalue weighted by atomic mass is 15.2. The predicted molar refractivity (Wildman–Crippen MR) is 82.8 cm³/mol. The van der Waals surface area contributed by atoms with Gasteiger partial charge < -0.3 is 4.90 Å². The SMILES string of the molecule is CN(Cc1cccc(C#N)c1)c1cnc2ccccc2n1. The zero-order chi connectivity index (χ0) is 14.7. The molecule has 0 aliphatic heterocycles. The summed E-state index contributed by atoms with van der Waals surface area (Å²) in [5, 5.41) is 8.95. The van der Waals surface area contributed by atoms with Gasteiger partial charge in [-0.15, -0.1) is 0 Å². The van der Waals surface area contributed by atoms with Gasteiger partial charge in [0, 0.05) is 13.6 Å². The van der Waals surface area contributed by atoms with Crippen molar-refractivity contribution in [1.82, 2.24) is 9.97 Å². The molecule has 0 aliphatic rings. The smallest absolute Gasteiger partial charge is 0.147 e. The van der Waals surface area contributed by atoms with Gasteiger partial charge in [-0.1, -0.05) is 24.3 Å². The second kappa shape index (κ2) is 5.59. The van der Waals surface area contributed by atoms with Crippen LogP contribution in [0.5, 0.6) is 0 Å². The first-order valence-electron chi connectivity index (χ1n) is 6.68. The van der Waals surface area contributed by atoms with Crippen LogP contribution in [0.4, 0.5) is 5.82 Å². The van der Waals surface area contributed by atoms with Crippen molar-refractivity contribution in [2.75, 3.05) is 11.9 Å². The molecule has 0 aliphatic carbocycles. The molecule has 0 unspecified atom stereocenters. The van der Waals surface area contributed by atoms with Crippen molar-refractivity contribution in [2.24, 2.45) is 0 Å². The molecular weight excluding hydrogens is 260 g/mol. The van der Waals surface area contributed by atoms with Crippen LogP contribution < -0.4 is 4.90 Å². The third kappa shape index (κ3) is 2.82. The lowest BCUT2D eigenvalue weighted by Gasteiger charge is -2.18. The quantitative estimate of drug-likeness (QED) is 0.736. The van der Waals surface area contributed by atoms with E-state index in [-0.39, 0.29) is 0 Å². The van der Waals surface area contributed by atoms with Gasteiger partial charge in [0.2, 0.25) is 0 Å². The van der Waals surface area contributed by atoms with Crippen LogP contribution in [0.1, 0.15) is 11.1 Å². The monoisotopic (exact) mass is 274 g/mol. The summed E-state index contributed by atoms with van der Waals surface area (Å²) >= 11 is 0. The molecule has 1 aromatic heterocycles. The zero-order valence-electron chi connectivity index (χ0n) is 11.7. The minimum absolute atomic E-state index is 0.672. The van der Waals surface area contributed by atoms with Crippen LogP contribution in [-0.2, 0) is 6.54 Å². The number of benzene rings is 2. The van der Waals surface area contributed by atoms with Crippen molar-refractivity contribution in [2.45, 2.75) is 6.54 Å². The van der Waals surface area contributed by atoms with E-state index in [2.05, 4.69) is 16.0 Å². The molecule has 0 amide bonds. The minimum Gasteiger partial charge on any atom is -0.354 e. The molecule has 1 heterocycles. The molecule has 0 saturated carbocycles. The summed E-state index contributed by atoms with van der Waals surface area (Å²) in [6, 6.07) is 17.6. The molecule has 3 aromatic rings. The number of anilines is 1. The Morgan fingerprint density at radius 1 is 1.10 bits per heavy atom. The molecule has 4 heteroatoms. The summed E-state index contributed by atoms with van der Waals surface area (Å²) in [7, 11) is 1.97. The van der Waals surface area contributed by atoms with Crippen LogP contribution in [0.2, 0.25) is 0 Å². The molecule has 0 atom stereocenters. The maximum Gasteiger partial charge on any atom is 0.147 e. The van der Waals surface area contributed by atoms with E-state index in [9.17, 15) is 0 Å². The average molecular weight is 274 g/mol. The van der Waals surface area contributed by atoms with Crippen LogP contribution in [-0.4, -0.2) is 17.0 Å². The molecular formula is C17H14N4. The van der Waals surface area contributed by atoms with Gasteiger partial charge in [-0.05, 0) is 29.8 Å². The van der Waals surface area contributed by atoms with E-state index in [0.29, 0.717) is 12.1 Å². The standard InChI is InChI=1S/C17H14N4/c1-21(12-14-6-4-5-13(9-14)10-18)17-11-19-15-7-2-3-8-16(15)20-17/h2-9,11H,12H2,1H3. The highest BCUT2D eigenvalue weighted by molar-refractivity contribution is 5.75. The van der Waals surface area contributed by atoms with Crippen molar-refractivity contribution >= 4 is 16.9 Å². The van der Waals surface area contributed by atoms with Crippen LogP contribution in [0.15, 0.2) is 54.7 Å². The van der Waals surface area contributed by atoms with Crippen LogP contribution in [0.25, 0.3) is 11.0 Å². The Morgan fingerprint density at radius 3 is 2.71 bits per heavy atom. The van der Waals surface area contributed by atoms with Crippen LogP contribution in [0.3, 0.4) is 0 Å². The van der Waals surface area contributed by atoms with Crippen molar-refractivity contribution < 1.29 is 0 Å². The molecule has 0 radical (unpaired) electrons. The Bertz CT molecular complexity index is 820. The van der Waals surface area contributed by atoms with E-state index in [1.54, 1.807) is 12.3 Å². The maximum absolute atomic E-state index is 8.95. The lowest BCUT2D eigenvalue weighted by atomic mass is 10.1. The predicted octanol–water partition coefficient (Wildman–Crippen LogP) is 3.14. The number of fused-ring (bicyclic) bond motifs is 1. The van der Waals surface area contributed by atoms with Gasteiger partial charge in [0.05, 0.1) is 28.9 Å². The van der Waals surface area contributed by atoms with E-state index in [4.69, 9.17) is 5.26 Å². The number of aromatic nitrogens is 2. The van der Waals surface area contributed by atoms with Crippen LogP contribution >= 0.6 is 0 Å². The average Bonchev–Trinajstić information content (AvgIpc) is 2.54. The summed E-state index contributed by atoms with van der Waals surface area (Å²) in [4.78, 5) is 11.1. The highest BCUT2D eigenvalue weighted by Crippen LogP contribution is 2.16. The third-order valence-electron chi connectivity index (χ3n) is 3.30. The summed E-state index contributed by atoms with van der Waals surface area (Å²) in [5.74, 6) is 0.816. The number of rotatable bonds is 3. The van der Waals surface area contributed by atoms with Gasteiger partial charge in [-0.2, -0.15) is 5.26 Å². The van der Waals surface area contributed by atoms with Crippen molar-refractivity contribution in [3.05, 3.63) is 65.9 Å². The highest BCUT2D eigenvalue weighted by Gasteiger charge is 2.06. The molecule has 0 saturated heterocycles. The van der Waals surface area contributed by atoms with Gasteiger partial charge >= 0.3 is 0 Å². The Kier molecular flexibility index (Phi) is 3.48.